The summed E-state index contributed by atoms with van der Waals surface area (Å²) in [6.07, 6.45) is 1.29. The number of morpholine rings is 1. The number of carbonyl (C=O) groups is 1. The van der Waals surface area contributed by atoms with Crippen molar-refractivity contribution >= 4 is 23.0 Å². The highest BCUT2D eigenvalue weighted by atomic mass is 19.1. The molecule has 1 amide bonds. The zero-order valence-corrected chi connectivity index (χ0v) is 18.2. The quantitative estimate of drug-likeness (QED) is 0.762. The van der Waals surface area contributed by atoms with E-state index in [1.807, 2.05) is 13.0 Å². The van der Waals surface area contributed by atoms with Crippen molar-refractivity contribution in [2.24, 2.45) is 0 Å². The van der Waals surface area contributed by atoms with Crippen LogP contribution >= 0.6 is 0 Å². The first kappa shape index (κ1) is 21.2. The molecule has 2 atom stereocenters. The fourth-order valence-electron chi connectivity index (χ4n) is 5.00. The van der Waals surface area contributed by atoms with Crippen LogP contribution in [0, 0.1) is 18.6 Å². The highest BCUT2D eigenvalue weighted by Crippen LogP contribution is 2.32. The molecule has 0 saturated carbocycles. The molecule has 5 rings (SSSR count). The summed E-state index contributed by atoms with van der Waals surface area (Å²) in [7, 11) is 0. The number of aryl methyl sites for hydroxylation is 1. The van der Waals surface area contributed by atoms with E-state index in [1.54, 1.807) is 6.07 Å². The van der Waals surface area contributed by atoms with Gasteiger partial charge in [-0.15, -0.1) is 0 Å². The average molecular weight is 443 g/mol. The lowest BCUT2D eigenvalue weighted by Crippen LogP contribution is -2.44. The van der Waals surface area contributed by atoms with Crippen LogP contribution in [0.2, 0.25) is 0 Å². The van der Waals surface area contributed by atoms with Crippen LogP contribution in [-0.4, -0.2) is 62.3 Å². The van der Waals surface area contributed by atoms with Crippen LogP contribution in [0.5, 0.6) is 0 Å². The maximum Gasteiger partial charge on any atom is 0.247 e. The van der Waals surface area contributed by atoms with Gasteiger partial charge in [-0.1, -0.05) is 6.07 Å². The zero-order chi connectivity index (χ0) is 22.2. The number of nitrogens with one attached hydrogen (secondary N) is 2. The standard InChI is InChI=1S/C24H28F2N4O2/c1-15-2-3-21(26)20-13-22(28-23(15)20)24(31)27-17-10-16(25)11-19(12-17)30-5-4-18(14-30)29-6-8-32-9-7-29/h2-3,10-12,18,22,28H,4-9,13-14H2,1H3,(H,27,31). The summed E-state index contributed by atoms with van der Waals surface area (Å²) in [5.74, 6) is -1.01. The summed E-state index contributed by atoms with van der Waals surface area (Å²) in [5, 5.41) is 5.94. The van der Waals surface area contributed by atoms with Crippen LogP contribution in [0.15, 0.2) is 30.3 Å². The van der Waals surface area contributed by atoms with Gasteiger partial charge in [0.1, 0.15) is 17.7 Å². The third-order valence-corrected chi connectivity index (χ3v) is 6.75. The third kappa shape index (κ3) is 4.17. The SMILES string of the molecule is Cc1ccc(F)c2c1NC(C(=O)Nc1cc(F)cc(N3CCC(N4CCOCC4)C3)c1)C2. The van der Waals surface area contributed by atoms with E-state index in [9.17, 15) is 13.6 Å². The van der Waals surface area contributed by atoms with E-state index in [4.69, 9.17) is 4.74 Å². The van der Waals surface area contributed by atoms with Crippen molar-refractivity contribution < 1.29 is 18.3 Å². The molecule has 170 valence electrons. The number of amides is 1. The molecule has 0 radical (unpaired) electrons. The topological polar surface area (TPSA) is 56.8 Å². The van der Waals surface area contributed by atoms with E-state index < -0.39 is 11.9 Å². The predicted octanol–water partition coefficient (Wildman–Crippen LogP) is 3.16. The van der Waals surface area contributed by atoms with Gasteiger partial charge < -0.3 is 20.3 Å². The van der Waals surface area contributed by atoms with Crippen molar-refractivity contribution in [3.05, 3.63) is 53.1 Å². The number of hydrogen-bond donors (Lipinski definition) is 2. The number of carbonyl (C=O) groups excluding carboxylic acids is 1. The third-order valence-electron chi connectivity index (χ3n) is 6.75. The zero-order valence-electron chi connectivity index (χ0n) is 18.2. The van der Waals surface area contributed by atoms with Gasteiger partial charge >= 0.3 is 0 Å². The van der Waals surface area contributed by atoms with Crippen LogP contribution < -0.4 is 15.5 Å². The summed E-state index contributed by atoms with van der Waals surface area (Å²) < 4.78 is 34.0. The fraction of sp³-hybridized carbons (Fsp3) is 0.458. The van der Waals surface area contributed by atoms with Crippen LogP contribution in [0.3, 0.4) is 0 Å². The Morgan fingerprint density at radius 1 is 1.16 bits per heavy atom. The highest BCUT2D eigenvalue weighted by molar-refractivity contribution is 5.98. The Morgan fingerprint density at radius 3 is 2.75 bits per heavy atom. The second-order valence-electron chi connectivity index (χ2n) is 8.84. The number of hydrogen-bond acceptors (Lipinski definition) is 5. The van der Waals surface area contributed by atoms with Gasteiger partial charge in [-0.3, -0.25) is 9.69 Å². The van der Waals surface area contributed by atoms with Gasteiger partial charge in [0.25, 0.3) is 0 Å². The van der Waals surface area contributed by atoms with E-state index in [1.165, 1.54) is 18.2 Å². The lowest BCUT2D eigenvalue weighted by molar-refractivity contribution is -0.116. The molecule has 3 aliphatic rings. The molecule has 0 spiro atoms. The smallest absolute Gasteiger partial charge is 0.247 e. The average Bonchev–Trinajstić information content (AvgIpc) is 3.45. The Morgan fingerprint density at radius 2 is 1.97 bits per heavy atom. The molecule has 2 unspecified atom stereocenters. The van der Waals surface area contributed by atoms with Crippen LogP contribution in [0.25, 0.3) is 0 Å². The van der Waals surface area contributed by atoms with Crippen molar-refractivity contribution in [3.63, 3.8) is 0 Å². The molecule has 6 nitrogen and oxygen atoms in total. The molecular weight excluding hydrogens is 414 g/mol. The number of benzene rings is 2. The van der Waals surface area contributed by atoms with Gasteiger partial charge in [0.2, 0.25) is 5.91 Å². The Hall–Kier alpha value is -2.71. The number of rotatable bonds is 4. The second kappa shape index (κ2) is 8.67. The molecule has 0 bridgehead atoms. The van der Waals surface area contributed by atoms with Gasteiger partial charge in [0.05, 0.1) is 13.2 Å². The van der Waals surface area contributed by atoms with Gasteiger partial charge in [-0.05, 0) is 43.2 Å². The van der Waals surface area contributed by atoms with Crippen molar-refractivity contribution in [1.82, 2.24) is 4.90 Å². The van der Waals surface area contributed by atoms with Crippen molar-refractivity contribution in [2.75, 3.05) is 54.9 Å². The second-order valence-corrected chi connectivity index (χ2v) is 8.84. The van der Waals surface area contributed by atoms with Crippen molar-refractivity contribution in [1.29, 1.82) is 0 Å². The van der Waals surface area contributed by atoms with E-state index in [0.29, 0.717) is 23.0 Å². The van der Waals surface area contributed by atoms with Crippen LogP contribution in [0.4, 0.5) is 25.8 Å². The van der Waals surface area contributed by atoms with E-state index >= 15 is 0 Å². The predicted molar refractivity (Wildman–Crippen MR) is 120 cm³/mol. The molecule has 2 fully saturated rings. The summed E-state index contributed by atoms with van der Waals surface area (Å²) in [6, 6.07) is 7.61. The highest BCUT2D eigenvalue weighted by Gasteiger charge is 2.31. The Kier molecular flexibility index (Phi) is 5.73. The number of nitrogens with zero attached hydrogens (tertiary/aromatic N) is 2. The largest absolute Gasteiger partial charge is 0.379 e. The molecule has 0 aliphatic carbocycles. The maximum atomic E-state index is 14.4. The van der Waals surface area contributed by atoms with Gasteiger partial charge in [-0.25, -0.2) is 8.78 Å². The molecular formula is C24H28F2N4O2. The summed E-state index contributed by atoms with van der Waals surface area (Å²) in [4.78, 5) is 17.5. The van der Waals surface area contributed by atoms with E-state index in [-0.39, 0.29) is 18.1 Å². The molecule has 8 heteroatoms. The van der Waals surface area contributed by atoms with Gasteiger partial charge in [0.15, 0.2) is 0 Å². The number of ether oxygens (including phenoxy) is 1. The Labute approximate surface area is 186 Å². The number of halogens is 2. The number of anilines is 3. The molecule has 3 heterocycles. The molecule has 2 N–H and O–H groups in total. The van der Waals surface area contributed by atoms with Crippen molar-refractivity contribution in [2.45, 2.75) is 31.8 Å². The molecule has 32 heavy (non-hydrogen) atoms. The minimum absolute atomic E-state index is 0.268. The summed E-state index contributed by atoms with van der Waals surface area (Å²) in [6.45, 7) is 6.93. The summed E-state index contributed by atoms with van der Waals surface area (Å²) in [5.41, 5.74) is 3.27. The van der Waals surface area contributed by atoms with Crippen LogP contribution in [0.1, 0.15) is 17.5 Å². The normalized spacial score (nSPS) is 23.2. The number of fused-ring (bicyclic) bond motifs is 1. The maximum absolute atomic E-state index is 14.4. The minimum atomic E-state index is -0.593. The van der Waals surface area contributed by atoms with E-state index in [2.05, 4.69) is 20.4 Å². The monoisotopic (exact) mass is 442 g/mol. The molecule has 3 aliphatic heterocycles. The molecule has 0 aromatic heterocycles. The first-order chi connectivity index (χ1) is 15.5. The molecule has 2 aromatic rings. The first-order valence-corrected chi connectivity index (χ1v) is 11.2. The van der Waals surface area contributed by atoms with Crippen molar-refractivity contribution in [3.8, 4) is 0 Å². The Bertz CT molecular complexity index is 994. The fourth-order valence-corrected chi connectivity index (χ4v) is 5.00. The lowest BCUT2D eigenvalue weighted by atomic mass is 10.1. The summed E-state index contributed by atoms with van der Waals surface area (Å²) >= 11 is 0. The van der Waals surface area contributed by atoms with Crippen LogP contribution in [-0.2, 0) is 16.0 Å². The lowest BCUT2D eigenvalue weighted by Gasteiger charge is -2.32. The Balaban J connectivity index is 1.26. The first-order valence-electron chi connectivity index (χ1n) is 11.2. The van der Waals surface area contributed by atoms with E-state index in [0.717, 1.165) is 57.1 Å². The van der Waals surface area contributed by atoms with Gasteiger partial charge in [-0.2, -0.15) is 0 Å². The molecule has 2 saturated heterocycles. The van der Waals surface area contributed by atoms with Gasteiger partial charge in [0, 0.05) is 61.3 Å². The minimum Gasteiger partial charge on any atom is -0.379 e. The molecule has 2 aromatic carbocycles.